The van der Waals surface area contributed by atoms with Gasteiger partial charge in [0.25, 0.3) is 0 Å². The van der Waals surface area contributed by atoms with Crippen molar-refractivity contribution in [3.63, 3.8) is 0 Å². The second-order valence-corrected chi connectivity index (χ2v) is 4.05. The molecule has 0 aromatic heterocycles. The predicted molar refractivity (Wildman–Crippen MR) is 63.0 cm³/mol. The van der Waals surface area contributed by atoms with Crippen LogP contribution >= 0.6 is 0 Å². The molecule has 0 heterocycles. The summed E-state index contributed by atoms with van der Waals surface area (Å²) in [5, 5.41) is 18.2. The summed E-state index contributed by atoms with van der Waals surface area (Å²) >= 11 is 0. The van der Waals surface area contributed by atoms with Gasteiger partial charge in [0.2, 0.25) is 0 Å². The molecule has 2 N–H and O–H groups in total. The Bertz CT molecular complexity index is 403. The largest absolute Gasteiger partial charge is 0.496 e. The smallest absolute Gasteiger partial charge is 0.337 e. The molecule has 1 aromatic carbocycles. The summed E-state index contributed by atoms with van der Waals surface area (Å²) in [4.78, 5) is 12.6. The second-order valence-electron chi connectivity index (χ2n) is 4.05. The number of rotatable bonds is 5. The molecule has 1 aromatic rings. The van der Waals surface area contributed by atoms with Crippen molar-refractivity contribution in [1.82, 2.24) is 4.90 Å². The van der Waals surface area contributed by atoms with Gasteiger partial charge in [-0.05, 0) is 31.8 Å². The van der Waals surface area contributed by atoms with E-state index >= 15 is 0 Å². The quantitative estimate of drug-likeness (QED) is 0.798. The third kappa shape index (κ3) is 3.44. The van der Waals surface area contributed by atoms with Crippen molar-refractivity contribution >= 4 is 5.97 Å². The molecule has 0 amide bonds. The molecule has 0 saturated carbocycles. The average Bonchev–Trinajstić information content (AvgIpc) is 2.27. The fourth-order valence-corrected chi connectivity index (χ4v) is 1.58. The van der Waals surface area contributed by atoms with Gasteiger partial charge in [-0.25, -0.2) is 4.79 Å². The van der Waals surface area contributed by atoms with Gasteiger partial charge in [0.1, 0.15) is 5.75 Å². The third-order valence-corrected chi connectivity index (χ3v) is 2.34. The SMILES string of the molecule is COc1ccc(C(O)C(=O)O)cc1CN(C)C. The van der Waals surface area contributed by atoms with Gasteiger partial charge in [0, 0.05) is 12.1 Å². The van der Waals surface area contributed by atoms with Crippen molar-refractivity contribution in [2.45, 2.75) is 12.6 Å². The maximum atomic E-state index is 10.7. The van der Waals surface area contributed by atoms with Crippen LogP contribution in [0.3, 0.4) is 0 Å². The Kier molecular flexibility index (Phi) is 4.48. The minimum atomic E-state index is -1.50. The third-order valence-electron chi connectivity index (χ3n) is 2.34. The molecule has 0 aliphatic heterocycles. The van der Waals surface area contributed by atoms with Crippen LogP contribution < -0.4 is 4.74 Å². The molecule has 5 nitrogen and oxygen atoms in total. The van der Waals surface area contributed by atoms with Crippen LogP contribution in [-0.2, 0) is 11.3 Å². The number of carboxylic acids is 1. The molecule has 1 rings (SSSR count). The van der Waals surface area contributed by atoms with Crippen molar-refractivity contribution in [3.8, 4) is 5.75 Å². The number of benzene rings is 1. The number of ether oxygens (including phenoxy) is 1. The van der Waals surface area contributed by atoms with Gasteiger partial charge in [-0.1, -0.05) is 6.07 Å². The molecule has 17 heavy (non-hydrogen) atoms. The zero-order valence-corrected chi connectivity index (χ0v) is 10.2. The van der Waals surface area contributed by atoms with Gasteiger partial charge in [-0.2, -0.15) is 0 Å². The predicted octanol–water partition coefficient (Wildman–Crippen LogP) is 0.875. The van der Waals surface area contributed by atoms with Crippen LogP contribution in [-0.4, -0.2) is 42.3 Å². The molecule has 5 heteroatoms. The zero-order chi connectivity index (χ0) is 13.0. The van der Waals surface area contributed by atoms with E-state index in [0.717, 1.165) is 5.56 Å². The standard InChI is InChI=1S/C12H17NO4/c1-13(2)7-9-6-8(11(14)12(15)16)4-5-10(9)17-3/h4-6,11,14H,7H2,1-3H3,(H,15,16). The molecular weight excluding hydrogens is 222 g/mol. The molecule has 0 saturated heterocycles. The van der Waals surface area contributed by atoms with E-state index in [1.54, 1.807) is 25.3 Å². The lowest BCUT2D eigenvalue weighted by molar-refractivity contribution is -0.146. The maximum Gasteiger partial charge on any atom is 0.337 e. The molecule has 0 spiro atoms. The van der Waals surface area contributed by atoms with E-state index in [4.69, 9.17) is 9.84 Å². The van der Waals surface area contributed by atoms with Gasteiger partial charge in [0.05, 0.1) is 7.11 Å². The van der Waals surface area contributed by atoms with Crippen LogP contribution in [0.4, 0.5) is 0 Å². The van der Waals surface area contributed by atoms with Crippen LogP contribution in [0.25, 0.3) is 0 Å². The number of carbonyl (C=O) groups is 1. The number of methoxy groups -OCH3 is 1. The zero-order valence-electron chi connectivity index (χ0n) is 10.2. The van der Waals surface area contributed by atoms with Gasteiger partial charge in [-0.15, -0.1) is 0 Å². The summed E-state index contributed by atoms with van der Waals surface area (Å²) in [7, 11) is 5.36. The first kappa shape index (κ1) is 13.5. The van der Waals surface area contributed by atoms with Crippen molar-refractivity contribution in [2.24, 2.45) is 0 Å². The fraction of sp³-hybridized carbons (Fsp3) is 0.417. The van der Waals surface area contributed by atoms with Crippen molar-refractivity contribution in [2.75, 3.05) is 21.2 Å². The van der Waals surface area contributed by atoms with Crippen LogP contribution in [0.5, 0.6) is 5.75 Å². The lowest BCUT2D eigenvalue weighted by Gasteiger charge is -2.15. The highest BCUT2D eigenvalue weighted by molar-refractivity contribution is 5.74. The van der Waals surface area contributed by atoms with Crippen molar-refractivity contribution in [1.29, 1.82) is 0 Å². The normalized spacial score (nSPS) is 12.5. The number of carboxylic acid groups (broad SMARTS) is 1. The van der Waals surface area contributed by atoms with Crippen LogP contribution in [0.1, 0.15) is 17.2 Å². The van der Waals surface area contributed by atoms with E-state index in [1.165, 1.54) is 0 Å². The van der Waals surface area contributed by atoms with Crippen molar-refractivity contribution in [3.05, 3.63) is 29.3 Å². The van der Waals surface area contributed by atoms with E-state index in [2.05, 4.69) is 0 Å². The number of nitrogens with zero attached hydrogens (tertiary/aromatic N) is 1. The molecule has 0 radical (unpaired) electrons. The monoisotopic (exact) mass is 239 g/mol. The molecule has 0 bridgehead atoms. The molecular formula is C12H17NO4. The second kappa shape index (κ2) is 5.65. The van der Waals surface area contributed by atoms with Gasteiger partial charge >= 0.3 is 5.97 Å². The molecule has 0 fully saturated rings. The minimum absolute atomic E-state index is 0.357. The van der Waals surface area contributed by atoms with Crippen LogP contribution in [0, 0.1) is 0 Å². The molecule has 94 valence electrons. The summed E-state index contributed by atoms with van der Waals surface area (Å²) in [5.74, 6) is -0.578. The first-order chi connectivity index (χ1) is 7.95. The highest BCUT2D eigenvalue weighted by Crippen LogP contribution is 2.24. The van der Waals surface area contributed by atoms with E-state index in [1.807, 2.05) is 19.0 Å². The van der Waals surface area contributed by atoms with Crippen LogP contribution in [0.2, 0.25) is 0 Å². The minimum Gasteiger partial charge on any atom is -0.496 e. The number of hydrogen-bond acceptors (Lipinski definition) is 4. The highest BCUT2D eigenvalue weighted by Gasteiger charge is 2.17. The number of aliphatic hydroxyl groups excluding tert-OH is 1. The lowest BCUT2D eigenvalue weighted by Crippen LogP contribution is -2.14. The van der Waals surface area contributed by atoms with Gasteiger partial charge in [0.15, 0.2) is 6.10 Å². The number of aliphatic carboxylic acids is 1. The number of aliphatic hydroxyl groups is 1. The van der Waals surface area contributed by atoms with Crippen molar-refractivity contribution < 1.29 is 19.7 Å². The summed E-state index contributed by atoms with van der Waals surface area (Å²) < 4.78 is 5.19. The van der Waals surface area contributed by atoms with Gasteiger partial charge < -0.3 is 19.8 Å². The fourth-order valence-electron chi connectivity index (χ4n) is 1.58. The Hall–Kier alpha value is -1.59. The van der Waals surface area contributed by atoms with E-state index in [0.29, 0.717) is 17.9 Å². The first-order valence-corrected chi connectivity index (χ1v) is 5.18. The Balaban J connectivity index is 3.08. The average molecular weight is 239 g/mol. The lowest BCUT2D eigenvalue weighted by atomic mass is 10.0. The van der Waals surface area contributed by atoms with E-state index in [-0.39, 0.29) is 0 Å². The molecule has 1 unspecified atom stereocenters. The summed E-state index contributed by atoms with van der Waals surface area (Å²) in [6, 6.07) is 4.87. The van der Waals surface area contributed by atoms with Gasteiger partial charge in [-0.3, -0.25) is 0 Å². The van der Waals surface area contributed by atoms with E-state index in [9.17, 15) is 9.90 Å². The Morgan fingerprint density at radius 2 is 2.12 bits per heavy atom. The number of hydrogen-bond donors (Lipinski definition) is 2. The first-order valence-electron chi connectivity index (χ1n) is 5.18. The molecule has 0 aliphatic carbocycles. The highest BCUT2D eigenvalue weighted by atomic mass is 16.5. The molecule has 1 atom stereocenters. The maximum absolute atomic E-state index is 10.7. The Labute approximate surface area is 100 Å². The molecule has 0 aliphatic rings. The van der Waals surface area contributed by atoms with Crippen LogP contribution in [0.15, 0.2) is 18.2 Å². The summed E-state index contributed by atoms with van der Waals surface area (Å²) in [6.45, 7) is 0.614. The summed E-state index contributed by atoms with van der Waals surface area (Å²) in [6.07, 6.45) is -1.50. The Morgan fingerprint density at radius 1 is 1.47 bits per heavy atom. The summed E-state index contributed by atoms with van der Waals surface area (Å²) in [5.41, 5.74) is 1.20. The topological polar surface area (TPSA) is 70.0 Å². The Morgan fingerprint density at radius 3 is 2.59 bits per heavy atom. The van der Waals surface area contributed by atoms with E-state index < -0.39 is 12.1 Å².